The van der Waals surface area contributed by atoms with Gasteiger partial charge in [0.1, 0.15) is 18.1 Å². The van der Waals surface area contributed by atoms with Crippen molar-refractivity contribution in [3.8, 4) is 22.6 Å². The largest absolute Gasteiger partial charge is 0.496 e. The number of rotatable bonds is 8. The van der Waals surface area contributed by atoms with Crippen LogP contribution in [0.15, 0.2) is 72.2 Å². The molecule has 40 heavy (non-hydrogen) atoms. The molecule has 0 aromatic heterocycles. The van der Waals surface area contributed by atoms with Crippen LogP contribution in [0.4, 0.5) is 4.79 Å². The molecule has 3 aromatic rings. The molecule has 208 valence electrons. The van der Waals surface area contributed by atoms with Crippen LogP contribution in [0, 0.1) is 0 Å². The maximum atomic E-state index is 13.0. The molecule has 1 fully saturated rings. The summed E-state index contributed by atoms with van der Waals surface area (Å²) < 4.78 is 29.6. The minimum Gasteiger partial charge on any atom is -0.496 e. The number of nitrogens with one attached hydrogen (secondary N) is 1. The molecule has 0 radical (unpaired) electrons. The second kappa shape index (κ2) is 11.0. The van der Waals surface area contributed by atoms with Gasteiger partial charge in [0.2, 0.25) is 0 Å². The fourth-order valence-electron chi connectivity index (χ4n) is 5.23. The van der Waals surface area contributed by atoms with Gasteiger partial charge >= 0.3 is 13.2 Å². The summed E-state index contributed by atoms with van der Waals surface area (Å²) in [4.78, 5) is 13.0. The van der Waals surface area contributed by atoms with Gasteiger partial charge in [-0.1, -0.05) is 54.6 Å². The van der Waals surface area contributed by atoms with Crippen molar-refractivity contribution in [2.45, 2.75) is 44.8 Å². The molecular formula is C32H36BNO6. The fourth-order valence-corrected chi connectivity index (χ4v) is 5.23. The van der Waals surface area contributed by atoms with E-state index in [9.17, 15) is 4.79 Å². The number of methoxy groups -OCH3 is 2. The van der Waals surface area contributed by atoms with Crippen LogP contribution < -0.4 is 14.8 Å². The van der Waals surface area contributed by atoms with Gasteiger partial charge in [0.25, 0.3) is 0 Å². The molecule has 1 heterocycles. The second-order valence-corrected chi connectivity index (χ2v) is 11.1. The minimum atomic E-state index is -0.687. The average Bonchev–Trinajstić information content (AvgIpc) is 3.38. The quantitative estimate of drug-likeness (QED) is 0.340. The summed E-state index contributed by atoms with van der Waals surface area (Å²) in [6, 6.07) is 22.1. The van der Waals surface area contributed by atoms with Crippen molar-refractivity contribution in [3.05, 3.63) is 88.9 Å². The van der Waals surface area contributed by atoms with Gasteiger partial charge in [0.05, 0.1) is 31.0 Å². The number of hydrogen-bond acceptors (Lipinski definition) is 6. The molecule has 0 bridgehead atoms. The Bertz CT molecular complexity index is 1350. The Morgan fingerprint density at radius 1 is 0.850 bits per heavy atom. The van der Waals surface area contributed by atoms with Crippen LogP contribution >= 0.6 is 0 Å². The number of ether oxygens (including phenoxy) is 3. The van der Waals surface area contributed by atoms with E-state index in [0.717, 1.165) is 16.7 Å². The molecular weight excluding hydrogens is 505 g/mol. The predicted octanol–water partition coefficient (Wildman–Crippen LogP) is 6.26. The van der Waals surface area contributed by atoms with Gasteiger partial charge in [-0.05, 0) is 73.6 Å². The van der Waals surface area contributed by atoms with Crippen molar-refractivity contribution < 1.29 is 28.3 Å². The van der Waals surface area contributed by atoms with Crippen molar-refractivity contribution in [1.82, 2.24) is 5.32 Å². The number of carbonyl (C=O) groups is 1. The lowest BCUT2D eigenvalue weighted by Gasteiger charge is -2.32. The molecule has 1 saturated heterocycles. The molecule has 0 atom stereocenters. The fraction of sp³-hybridized carbons (Fsp3) is 0.344. The highest BCUT2D eigenvalue weighted by Gasteiger charge is 2.52. The minimum absolute atomic E-state index is 0.0194. The lowest BCUT2D eigenvalue weighted by atomic mass is 9.76. The number of hydrogen-bond donors (Lipinski definition) is 1. The van der Waals surface area contributed by atoms with E-state index in [1.165, 1.54) is 11.1 Å². The first kappa shape index (κ1) is 27.8. The standard InChI is InChI=1S/C32H36BNO6/c1-31(2)32(3,4)40-33(39-31)21(18-26-28(36-5)16-11-17-29(26)37-6)19-34-30(35)38-20-27-24-14-9-7-12-22(24)23-13-8-10-15-25(23)27/h7-18,27H,19-20H2,1-6H3,(H,34,35). The van der Waals surface area contributed by atoms with Crippen LogP contribution in [0.1, 0.15) is 50.3 Å². The SMILES string of the molecule is COc1cccc(OC)c1C=C(CNC(=O)OCC1c2ccccc2-c2ccccc21)B1OC(C)(C)C(C)(C)O1. The smallest absolute Gasteiger partial charge is 0.492 e. The summed E-state index contributed by atoms with van der Waals surface area (Å²) >= 11 is 0. The number of amides is 1. The highest BCUT2D eigenvalue weighted by molar-refractivity contribution is 6.56. The molecule has 0 saturated carbocycles. The van der Waals surface area contributed by atoms with Crippen molar-refractivity contribution >= 4 is 19.3 Å². The molecule has 7 nitrogen and oxygen atoms in total. The van der Waals surface area contributed by atoms with Gasteiger partial charge in [-0.25, -0.2) is 4.79 Å². The van der Waals surface area contributed by atoms with Gasteiger partial charge in [-0.15, -0.1) is 0 Å². The van der Waals surface area contributed by atoms with E-state index >= 15 is 0 Å². The Hall–Kier alpha value is -3.75. The van der Waals surface area contributed by atoms with E-state index in [1.807, 2.05) is 76.2 Å². The second-order valence-electron chi connectivity index (χ2n) is 11.1. The topological polar surface area (TPSA) is 75.3 Å². The third-order valence-corrected chi connectivity index (χ3v) is 8.13. The maximum absolute atomic E-state index is 13.0. The van der Waals surface area contributed by atoms with Crippen molar-refractivity contribution in [1.29, 1.82) is 0 Å². The maximum Gasteiger partial charge on any atom is 0.492 e. The van der Waals surface area contributed by atoms with Crippen LogP contribution in [-0.2, 0) is 14.0 Å². The molecule has 8 heteroatoms. The van der Waals surface area contributed by atoms with Crippen LogP contribution in [0.5, 0.6) is 11.5 Å². The summed E-state index contributed by atoms with van der Waals surface area (Å²) in [6.45, 7) is 8.35. The zero-order valence-corrected chi connectivity index (χ0v) is 23.9. The zero-order valence-electron chi connectivity index (χ0n) is 23.9. The van der Waals surface area contributed by atoms with E-state index in [-0.39, 0.29) is 19.1 Å². The molecule has 0 spiro atoms. The van der Waals surface area contributed by atoms with E-state index in [4.69, 9.17) is 23.5 Å². The summed E-state index contributed by atoms with van der Waals surface area (Å²) in [5.74, 6) is 1.25. The number of carbonyl (C=O) groups excluding carboxylic acids is 1. The van der Waals surface area contributed by atoms with E-state index in [0.29, 0.717) is 17.0 Å². The Balaban J connectivity index is 1.35. The van der Waals surface area contributed by atoms with E-state index in [2.05, 4.69) is 29.6 Å². The van der Waals surface area contributed by atoms with Gasteiger partial charge < -0.3 is 28.8 Å². The molecule has 1 aliphatic carbocycles. The van der Waals surface area contributed by atoms with Gasteiger partial charge in [-0.2, -0.15) is 0 Å². The molecule has 2 aliphatic rings. The zero-order chi connectivity index (χ0) is 28.5. The van der Waals surface area contributed by atoms with Gasteiger partial charge in [-0.3, -0.25) is 0 Å². The van der Waals surface area contributed by atoms with E-state index in [1.54, 1.807) is 14.2 Å². The molecule has 5 rings (SSSR count). The number of alkyl carbamates (subject to hydrolysis) is 1. The molecule has 0 unspecified atom stereocenters. The van der Waals surface area contributed by atoms with Crippen LogP contribution in [0.3, 0.4) is 0 Å². The Kier molecular flexibility index (Phi) is 7.66. The normalized spacial score (nSPS) is 17.2. The van der Waals surface area contributed by atoms with Crippen molar-refractivity contribution in [2.75, 3.05) is 27.4 Å². The first-order chi connectivity index (χ1) is 19.1. The van der Waals surface area contributed by atoms with Gasteiger partial charge in [0.15, 0.2) is 0 Å². The van der Waals surface area contributed by atoms with Crippen LogP contribution in [0.25, 0.3) is 17.2 Å². The predicted molar refractivity (Wildman–Crippen MR) is 157 cm³/mol. The lowest BCUT2D eigenvalue weighted by Crippen LogP contribution is -2.41. The van der Waals surface area contributed by atoms with E-state index < -0.39 is 24.4 Å². The first-order valence-electron chi connectivity index (χ1n) is 13.5. The van der Waals surface area contributed by atoms with Gasteiger partial charge in [0, 0.05) is 12.5 Å². The summed E-state index contributed by atoms with van der Waals surface area (Å²) in [6.07, 6.45) is 1.38. The Morgan fingerprint density at radius 2 is 1.38 bits per heavy atom. The molecule has 1 N–H and O–H groups in total. The third kappa shape index (κ3) is 5.21. The summed E-state index contributed by atoms with van der Waals surface area (Å²) in [7, 11) is 2.53. The number of benzene rings is 3. The highest BCUT2D eigenvalue weighted by atomic mass is 16.7. The lowest BCUT2D eigenvalue weighted by molar-refractivity contribution is 0.00578. The van der Waals surface area contributed by atoms with Crippen LogP contribution in [0.2, 0.25) is 0 Å². The summed E-state index contributed by atoms with van der Waals surface area (Å²) in [5.41, 5.74) is 5.03. The molecule has 1 amide bonds. The third-order valence-electron chi connectivity index (χ3n) is 8.13. The number of fused-ring (bicyclic) bond motifs is 3. The molecule has 3 aromatic carbocycles. The Labute approximate surface area is 236 Å². The monoisotopic (exact) mass is 541 g/mol. The molecule has 1 aliphatic heterocycles. The van der Waals surface area contributed by atoms with Crippen LogP contribution in [-0.4, -0.2) is 51.8 Å². The summed E-state index contributed by atoms with van der Waals surface area (Å²) in [5, 5.41) is 2.91. The Morgan fingerprint density at radius 3 is 1.90 bits per heavy atom. The first-order valence-corrected chi connectivity index (χ1v) is 13.5. The van der Waals surface area contributed by atoms with Crippen molar-refractivity contribution in [3.63, 3.8) is 0 Å². The highest BCUT2D eigenvalue weighted by Crippen LogP contribution is 2.44. The van der Waals surface area contributed by atoms with Crippen molar-refractivity contribution in [2.24, 2.45) is 0 Å². The average molecular weight is 541 g/mol.